The lowest BCUT2D eigenvalue weighted by atomic mass is 10.1. The molecule has 0 aliphatic carbocycles. The number of allylic oxidation sites excluding steroid dienone is 1. The highest BCUT2D eigenvalue weighted by atomic mass is 15.3. The van der Waals surface area contributed by atoms with Crippen LogP contribution in [0.1, 0.15) is 38.8 Å². The van der Waals surface area contributed by atoms with Crippen molar-refractivity contribution in [1.29, 1.82) is 0 Å². The van der Waals surface area contributed by atoms with Crippen molar-refractivity contribution < 1.29 is 0 Å². The van der Waals surface area contributed by atoms with Gasteiger partial charge in [-0.25, -0.2) is 0 Å². The van der Waals surface area contributed by atoms with Crippen LogP contribution in [0.4, 0.5) is 0 Å². The fourth-order valence-electron chi connectivity index (χ4n) is 2.60. The van der Waals surface area contributed by atoms with Gasteiger partial charge in [0.05, 0.1) is 12.1 Å². The lowest BCUT2D eigenvalue weighted by Gasteiger charge is -2.15. The topological polar surface area (TPSA) is 3.01 Å². The van der Waals surface area contributed by atoms with Crippen LogP contribution in [-0.4, -0.2) is 10.9 Å². The van der Waals surface area contributed by atoms with Gasteiger partial charge >= 0.3 is 0 Å². The molecule has 2 atom stereocenters. The van der Waals surface area contributed by atoms with Crippen LogP contribution in [-0.2, 0) is 0 Å². The summed E-state index contributed by atoms with van der Waals surface area (Å²) < 4.78 is 0. The highest BCUT2D eigenvalue weighted by Crippen LogP contribution is 2.45. The molecule has 2 rings (SSSR count). The molecule has 1 heterocycles. The Balaban J connectivity index is 2.19. The first-order valence-corrected chi connectivity index (χ1v) is 6.28. The van der Waals surface area contributed by atoms with E-state index in [0.29, 0.717) is 12.1 Å². The zero-order valence-electron chi connectivity index (χ0n) is 11.0. The van der Waals surface area contributed by atoms with E-state index in [0.717, 1.165) is 6.42 Å². The lowest BCUT2D eigenvalue weighted by Crippen LogP contribution is -2.07. The molecule has 0 bridgehead atoms. The molecular formula is C16H21N. The molecule has 0 N–H and O–H groups in total. The summed E-state index contributed by atoms with van der Waals surface area (Å²) in [6.45, 7) is 10.5. The van der Waals surface area contributed by atoms with Gasteiger partial charge in [0.2, 0.25) is 0 Å². The van der Waals surface area contributed by atoms with E-state index in [1.165, 1.54) is 16.8 Å². The Kier molecular flexibility index (Phi) is 3.37. The van der Waals surface area contributed by atoms with E-state index in [2.05, 4.69) is 62.6 Å². The minimum Gasteiger partial charge on any atom is -0.358 e. The molecule has 0 spiro atoms. The Labute approximate surface area is 104 Å². The van der Waals surface area contributed by atoms with E-state index in [1.807, 2.05) is 6.08 Å². The van der Waals surface area contributed by atoms with Crippen molar-refractivity contribution in [2.75, 3.05) is 0 Å². The molecule has 0 radical (unpaired) electrons. The molecule has 1 aliphatic rings. The molecule has 0 unspecified atom stereocenters. The van der Waals surface area contributed by atoms with Crippen LogP contribution in [0.5, 0.6) is 0 Å². The summed E-state index contributed by atoms with van der Waals surface area (Å²) in [6.07, 6.45) is 3.07. The maximum absolute atomic E-state index is 3.85. The van der Waals surface area contributed by atoms with Gasteiger partial charge in [-0.2, -0.15) is 0 Å². The molecule has 1 aromatic rings. The van der Waals surface area contributed by atoms with Crippen molar-refractivity contribution in [1.82, 2.24) is 4.90 Å². The van der Waals surface area contributed by atoms with Crippen LogP contribution in [0.25, 0.3) is 0 Å². The number of rotatable bonds is 4. The van der Waals surface area contributed by atoms with Crippen molar-refractivity contribution in [3.63, 3.8) is 0 Å². The average Bonchev–Trinajstić information content (AvgIpc) is 3.04. The van der Waals surface area contributed by atoms with Crippen LogP contribution in [0.3, 0.4) is 0 Å². The van der Waals surface area contributed by atoms with E-state index in [-0.39, 0.29) is 0 Å². The van der Waals surface area contributed by atoms with E-state index < -0.39 is 0 Å². The summed E-state index contributed by atoms with van der Waals surface area (Å²) in [5.74, 6) is 0. The Morgan fingerprint density at radius 1 is 1.35 bits per heavy atom. The summed E-state index contributed by atoms with van der Waals surface area (Å²) in [5, 5.41) is 0. The molecule has 1 fully saturated rings. The Hall–Kier alpha value is -1.50. The number of hydrogen-bond acceptors (Lipinski definition) is 1. The van der Waals surface area contributed by atoms with Crippen LogP contribution < -0.4 is 0 Å². The molecule has 1 aliphatic heterocycles. The molecule has 0 amide bonds. The highest BCUT2D eigenvalue weighted by molar-refractivity contribution is 5.35. The van der Waals surface area contributed by atoms with Crippen molar-refractivity contribution >= 4 is 0 Å². The van der Waals surface area contributed by atoms with Gasteiger partial charge in [-0.3, -0.25) is 0 Å². The first-order valence-electron chi connectivity index (χ1n) is 6.28. The quantitative estimate of drug-likeness (QED) is 0.547. The van der Waals surface area contributed by atoms with E-state index in [4.69, 9.17) is 0 Å². The highest BCUT2D eigenvalue weighted by Gasteiger charge is 2.43. The Morgan fingerprint density at radius 2 is 2.00 bits per heavy atom. The minimum atomic E-state index is 0.464. The lowest BCUT2D eigenvalue weighted by molar-refractivity contribution is 0.418. The number of hydrogen-bond donors (Lipinski definition) is 0. The SMILES string of the molecule is C=CC[C@@H]1C(=C(C)C)N1[C@@H](C)c1ccccc1. The predicted molar refractivity (Wildman–Crippen MR) is 73.7 cm³/mol. The zero-order chi connectivity index (χ0) is 12.4. The van der Waals surface area contributed by atoms with Gasteiger partial charge in [0.1, 0.15) is 0 Å². The van der Waals surface area contributed by atoms with Crippen LogP contribution in [0, 0.1) is 0 Å². The number of nitrogens with zero attached hydrogens (tertiary/aromatic N) is 1. The standard InChI is InChI=1S/C16H21N/c1-5-9-15-16(12(2)3)17(15)13(4)14-10-7-6-8-11-14/h5-8,10-11,13,15H,1,9H2,2-4H3/t13-,15+,17?/m0/s1. The van der Waals surface area contributed by atoms with Crippen LogP contribution in [0.15, 0.2) is 54.3 Å². The minimum absolute atomic E-state index is 0.464. The van der Waals surface area contributed by atoms with E-state index in [9.17, 15) is 0 Å². The van der Waals surface area contributed by atoms with Gasteiger partial charge in [0.25, 0.3) is 0 Å². The molecule has 0 saturated carbocycles. The van der Waals surface area contributed by atoms with Crippen molar-refractivity contribution in [3.05, 3.63) is 59.8 Å². The van der Waals surface area contributed by atoms with Gasteiger partial charge in [0.15, 0.2) is 0 Å². The predicted octanol–water partition coefficient (Wildman–Crippen LogP) is 4.30. The molecule has 1 heteroatoms. The van der Waals surface area contributed by atoms with Crippen LogP contribution in [0.2, 0.25) is 0 Å². The smallest absolute Gasteiger partial charge is 0.0728 e. The summed E-state index contributed by atoms with van der Waals surface area (Å²) in [6, 6.07) is 11.7. The fraction of sp³-hybridized carbons (Fsp3) is 0.375. The monoisotopic (exact) mass is 227 g/mol. The largest absolute Gasteiger partial charge is 0.358 e. The second kappa shape index (κ2) is 4.79. The third-order valence-corrected chi connectivity index (χ3v) is 3.46. The first kappa shape index (κ1) is 12.0. The van der Waals surface area contributed by atoms with Gasteiger partial charge < -0.3 is 4.90 Å². The molecule has 17 heavy (non-hydrogen) atoms. The summed E-state index contributed by atoms with van der Waals surface area (Å²) in [4.78, 5) is 2.51. The van der Waals surface area contributed by atoms with Crippen molar-refractivity contribution in [3.8, 4) is 0 Å². The molecule has 0 aromatic heterocycles. The molecule has 1 aromatic carbocycles. The van der Waals surface area contributed by atoms with Gasteiger partial charge in [-0.05, 0) is 32.8 Å². The Morgan fingerprint density at radius 3 is 2.53 bits per heavy atom. The maximum Gasteiger partial charge on any atom is 0.0728 e. The molecule has 1 saturated heterocycles. The van der Waals surface area contributed by atoms with Crippen LogP contribution >= 0.6 is 0 Å². The first-order chi connectivity index (χ1) is 8.16. The van der Waals surface area contributed by atoms with E-state index in [1.54, 1.807) is 0 Å². The van der Waals surface area contributed by atoms with Crippen molar-refractivity contribution in [2.45, 2.75) is 39.3 Å². The summed E-state index contributed by atoms with van der Waals surface area (Å²) >= 11 is 0. The molecule has 90 valence electrons. The second-order valence-corrected chi connectivity index (χ2v) is 4.92. The van der Waals surface area contributed by atoms with Gasteiger partial charge in [-0.15, -0.1) is 6.58 Å². The van der Waals surface area contributed by atoms with E-state index >= 15 is 0 Å². The normalized spacial score (nSPS) is 20.1. The molecular weight excluding hydrogens is 206 g/mol. The van der Waals surface area contributed by atoms with Gasteiger partial charge in [0, 0.05) is 5.70 Å². The Bertz CT molecular complexity index is 426. The summed E-state index contributed by atoms with van der Waals surface area (Å²) in [7, 11) is 0. The van der Waals surface area contributed by atoms with Gasteiger partial charge in [-0.1, -0.05) is 42.0 Å². The maximum atomic E-state index is 3.85. The number of benzene rings is 1. The van der Waals surface area contributed by atoms with Crippen molar-refractivity contribution in [2.24, 2.45) is 0 Å². The zero-order valence-corrected chi connectivity index (χ0v) is 11.0. The second-order valence-electron chi connectivity index (χ2n) is 4.92. The third-order valence-electron chi connectivity index (χ3n) is 3.46. The summed E-state index contributed by atoms with van der Waals surface area (Å²) in [5.41, 5.74) is 4.32. The third kappa shape index (κ3) is 2.28. The average molecular weight is 227 g/mol. The molecule has 1 nitrogen and oxygen atoms in total. The fourth-order valence-corrected chi connectivity index (χ4v) is 2.60.